The minimum atomic E-state index is 0.556. The van der Waals surface area contributed by atoms with Crippen molar-refractivity contribution in [2.75, 3.05) is 5.73 Å². The molecule has 0 fully saturated rings. The Kier molecular flexibility index (Phi) is 6.91. The van der Waals surface area contributed by atoms with E-state index in [0.717, 1.165) is 31.5 Å². The largest absolute Gasteiger partial charge is 0.369 e. The molecular weight excluding hydrogens is 342 g/mol. The summed E-state index contributed by atoms with van der Waals surface area (Å²) in [5.41, 5.74) is 12.7. The summed E-state index contributed by atoms with van der Waals surface area (Å²) in [7, 11) is 0. The molecular formula is C25H33N3. The maximum absolute atomic E-state index is 6.35. The number of aryl methyl sites for hydroxylation is 1. The number of hydrogen-bond acceptors (Lipinski definition) is 2. The van der Waals surface area contributed by atoms with Gasteiger partial charge in [-0.1, -0.05) is 81.8 Å². The quantitative estimate of drug-likeness (QED) is 0.525. The number of anilines is 1. The number of nitrogens with two attached hydrogens (primary N) is 1. The molecule has 0 bridgehead atoms. The third kappa shape index (κ3) is 5.25. The van der Waals surface area contributed by atoms with Crippen molar-refractivity contribution in [1.29, 1.82) is 0 Å². The van der Waals surface area contributed by atoms with E-state index in [9.17, 15) is 0 Å². The minimum Gasteiger partial charge on any atom is -0.369 e. The average Bonchev–Trinajstić information content (AvgIpc) is 2.96. The smallest absolute Gasteiger partial charge is 0.200 e. The van der Waals surface area contributed by atoms with Crippen molar-refractivity contribution in [3.05, 3.63) is 82.7 Å². The lowest BCUT2D eigenvalue weighted by atomic mass is 10.0. The summed E-state index contributed by atoms with van der Waals surface area (Å²) < 4.78 is 2.19. The van der Waals surface area contributed by atoms with Crippen molar-refractivity contribution in [3.8, 4) is 0 Å². The van der Waals surface area contributed by atoms with Crippen LogP contribution in [0.5, 0.6) is 0 Å². The molecule has 148 valence electrons. The van der Waals surface area contributed by atoms with Crippen LogP contribution in [0.2, 0.25) is 0 Å². The van der Waals surface area contributed by atoms with Crippen molar-refractivity contribution in [3.63, 3.8) is 0 Å². The molecule has 0 radical (unpaired) electrons. The second-order valence-corrected chi connectivity index (χ2v) is 8.13. The summed E-state index contributed by atoms with van der Waals surface area (Å²) in [6.45, 7) is 7.52. The fourth-order valence-corrected chi connectivity index (χ4v) is 3.65. The lowest BCUT2D eigenvalue weighted by Gasteiger charge is -2.13. The highest BCUT2D eigenvalue weighted by Gasteiger charge is 2.17. The molecule has 1 heterocycles. The predicted octanol–water partition coefficient (Wildman–Crippen LogP) is 5.65. The molecule has 28 heavy (non-hydrogen) atoms. The molecule has 0 saturated carbocycles. The van der Waals surface area contributed by atoms with Crippen LogP contribution < -0.4 is 5.73 Å². The van der Waals surface area contributed by atoms with Gasteiger partial charge in [0, 0.05) is 12.1 Å². The van der Waals surface area contributed by atoms with E-state index >= 15 is 0 Å². The van der Waals surface area contributed by atoms with Gasteiger partial charge in [-0.25, -0.2) is 4.98 Å². The van der Waals surface area contributed by atoms with E-state index in [-0.39, 0.29) is 0 Å². The molecule has 3 heteroatoms. The second-order valence-electron chi connectivity index (χ2n) is 8.13. The standard InChI is InChI=1S/C25H33N3/c1-4-5-9-20-12-14-21(15-13-20)17-23-24(16-19(2)3)28(25(26)27-23)18-22-10-7-6-8-11-22/h6-8,10-15,19H,4-5,9,16-18H2,1-3H3,(H2,26,27). The van der Waals surface area contributed by atoms with Crippen molar-refractivity contribution in [2.24, 2.45) is 5.92 Å². The molecule has 2 aromatic carbocycles. The van der Waals surface area contributed by atoms with E-state index in [4.69, 9.17) is 10.7 Å². The summed E-state index contributed by atoms with van der Waals surface area (Å²) in [5, 5.41) is 0. The van der Waals surface area contributed by atoms with Crippen LogP contribution in [0.3, 0.4) is 0 Å². The molecule has 0 amide bonds. The highest BCUT2D eigenvalue weighted by atomic mass is 15.2. The Morgan fingerprint density at radius 2 is 1.61 bits per heavy atom. The van der Waals surface area contributed by atoms with E-state index in [1.165, 1.54) is 35.2 Å². The van der Waals surface area contributed by atoms with Gasteiger partial charge >= 0.3 is 0 Å². The number of aromatic nitrogens is 2. The first-order valence-corrected chi connectivity index (χ1v) is 10.5. The highest BCUT2D eigenvalue weighted by molar-refractivity contribution is 5.36. The first-order valence-electron chi connectivity index (χ1n) is 10.5. The number of rotatable bonds is 9. The van der Waals surface area contributed by atoms with Crippen LogP contribution in [0.15, 0.2) is 54.6 Å². The van der Waals surface area contributed by atoms with E-state index in [1.54, 1.807) is 0 Å². The van der Waals surface area contributed by atoms with Gasteiger partial charge < -0.3 is 10.3 Å². The summed E-state index contributed by atoms with van der Waals surface area (Å²) in [4.78, 5) is 4.77. The predicted molar refractivity (Wildman–Crippen MR) is 119 cm³/mol. The highest BCUT2D eigenvalue weighted by Crippen LogP contribution is 2.23. The maximum Gasteiger partial charge on any atom is 0.200 e. The molecule has 3 rings (SSSR count). The fourth-order valence-electron chi connectivity index (χ4n) is 3.65. The van der Waals surface area contributed by atoms with Crippen LogP contribution in [0.4, 0.5) is 5.95 Å². The van der Waals surface area contributed by atoms with Crippen molar-refractivity contribution in [1.82, 2.24) is 9.55 Å². The second kappa shape index (κ2) is 9.59. The maximum atomic E-state index is 6.35. The number of hydrogen-bond donors (Lipinski definition) is 1. The molecule has 3 nitrogen and oxygen atoms in total. The Bertz CT molecular complexity index is 861. The van der Waals surface area contributed by atoms with Crippen LogP contribution in [0.25, 0.3) is 0 Å². The monoisotopic (exact) mass is 375 g/mol. The minimum absolute atomic E-state index is 0.556. The lowest BCUT2D eigenvalue weighted by molar-refractivity contribution is 0.602. The first-order chi connectivity index (χ1) is 13.6. The van der Waals surface area contributed by atoms with Crippen LogP contribution in [-0.2, 0) is 25.8 Å². The lowest BCUT2D eigenvalue weighted by Crippen LogP contribution is -2.11. The summed E-state index contributed by atoms with van der Waals surface area (Å²) >= 11 is 0. The molecule has 0 aliphatic rings. The van der Waals surface area contributed by atoms with E-state index in [1.807, 2.05) is 6.07 Å². The average molecular weight is 376 g/mol. The molecule has 0 saturated heterocycles. The van der Waals surface area contributed by atoms with Gasteiger partial charge in [0.15, 0.2) is 0 Å². The van der Waals surface area contributed by atoms with Crippen molar-refractivity contribution in [2.45, 2.75) is 59.4 Å². The van der Waals surface area contributed by atoms with Gasteiger partial charge in [-0.15, -0.1) is 0 Å². The number of nitrogen functional groups attached to an aromatic ring is 1. The fraction of sp³-hybridized carbons (Fsp3) is 0.400. The van der Waals surface area contributed by atoms with E-state index in [0.29, 0.717) is 11.9 Å². The Hall–Kier alpha value is -2.55. The van der Waals surface area contributed by atoms with Crippen molar-refractivity contribution < 1.29 is 0 Å². The first kappa shape index (κ1) is 20.2. The molecule has 0 unspecified atom stereocenters. The van der Waals surface area contributed by atoms with Gasteiger partial charge in [-0.3, -0.25) is 0 Å². The summed E-state index contributed by atoms with van der Waals surface area (Å²) in [6, 6.07) is 19.5. The third-order valence-electron chi connectivity index (χ3n) is 5.18. The molecule has 0 spiro atoms. The zero-order valence-corrected chi connectivity index (χ0v) is 17.5. The Morgan fingerprint density at radius 3 is 2.25 bits per heavy atom. The topological polar surface area (TPSA) is 43.8 Å². The normalized spacial score (nSPS) is 11.3. The molecule has 0 aliphatic heterocycles. The number of imidazole rings is 1. The van der Waals surface area contributed by atoms with Crippen LogP contribution in [-0.4, -0.2) is 9.55 Å². The van der Waals surface area contributed by atoms with Gasteiger partial charge in [-0.05, 0) is 41.9 Å². The van der Waals surface area contributed by atoms with Crippen molar-refractivity contribution >= 4 is 5.95 Å². The van der Waals surface area contributed by atoms with Crippen LogP contribution in [0, 0.1) is 5.92 Å². The van der Waals surface area contributed by atoms with Gasteiger partial charge in [0.05, 0.1) is 12.2 Å². The Balaban J connectivity index is 1.84. The van der Waals surface area contributed by atoms with Gasteiger partial charge in [0.1, 0.15) is 0 Å². The van der Waals surface area contributed by atoms with Crippen LogP contribution >= 0.6 is 0 Å². The number of nitrogens with zero attached hydrogens (tertiary/aromatic N) is 2. The van der Waals surface area contributed by atoms with E-state index in [2.05, 4.69) is 73.9 Å². The SMILES string of the molecule is CCCCc1ccc(Cc2nc(N)n(Cc3ccccc3)c2CC(C)C)cc1. The Morgan fingerprint density at radius 1 is 0.929 bits per heavy atom. The zero-order valence-electron chi connectivity index (χ0n) is 17.5. The Labute approximate surface area is 169 Å². The third-order valence-corrected chi connectivity index (χ3v) is 5.18. The zero-order chi connectivity index (χ0) is 19.9. The molecule has 2 N–H and O–H groups in total. The van der Waals surface area contributed by atoms with Gasteiger partial charge in [0.25, 0.3) is 0 Å². The molecule has 1 aromatic heterocycles. The number of unbranched alkanes of at least 4 members (excludes halogenated alkanes) is 1. The van der Waals surface area contributed by atoms with Gasteiger partial charge in [0.2, 0.25) is 5.95 Å². The summed E-state index contributed by atoms with van der Waals surface area (Å²) in [6.07, 6.45) is 5.47. The summed E-state index contributed by atoms with van der Waals surface area (Å²) in [5.74, 6) is 1.18. The van der Waals surface area contributed by atoms with E-state index < -0.39 is 0 Å². The molecule has 0 aliphatic carbocycles. The van der Waals surface area contributed by atoms with Gasteiger partial charge in [-0.2, -0.15) is 0 Å². The molecule has 0 atom stereocenters. The molecule has 3 aromatic rings. The van der Waals surface area contributed by atoms with Crippen LogP contribution in [0.1, 0.15) is 61.7 Å². The number of benzene rings is 2.